The van der Waals surface area contributed by atoms with E-state index in [1.54, 1.807) is 32.4 Å². The third-order valence-electron chi connectivity index (χ3n) is 4.93. The van der Waals surface area contributed by atoms with Crippen molar-refractivity contribution in [2.45, 2.75) is 17.0 Å². The first-order valence-corrected chi connectivity index (χ1v) is 11.0. The van der Waals surface area contributed by atoms with Crippen molar-refractivity contribution in [1.29, 1.82) is 0 Å². The fourth-order valence-electron chi connectivity index (χ4n) is 3.28. The number of furan rings is 1. The predicted octanol–water partition coefficient (Wildman–Crippen LogP) is 4.52. The zero-order valence-corrected chi connectivity index (χ0v) is 19.0. The van der Waals surface area contributed by atoms with Crippen LogP contribution in [-0.2, 0) is 11.3 Å². The smallest absolute Gasteiger partial charge is 0.240 e. The Morgan fingerprint density at radius 1 is 1.09 bits per heavy atom. The SMILES string of the molecule is COc1cccc(-c2nnc(S[C@@H](C(=O)N(C)C)c3ccccc3)n2Cc2ccco2)c1. The summed E-state index contributed by atoms with van der Waals surface area (Å²) in [6, 6.07) is 21.1. The summed E-state index contributed by atoms with van der Waals surface area (Å²) in [5, 5.41) is 9.09. The number of carbonyl (C=O) groups is 1. The third kappa shape index (κ3) is 4.70. The van der Waals surface area contributed by atoms with Crippen molar-refractivity contribution in [3.05, 3.63) is 84.3 Å². The second-order valence-electron chi connectivity index (χ2n) is 7.34. The minimum Gasteiger partial charge on any atom is -0.497 e. The number of aromatic nitrogens is 3. The van der Waals surface area contributed by atoms with Crippen molar-refractivity contribution in [3.63, 3.8) is 0 Å². The van der Waals surface area contributed by atoms with E-state index in [1.165, 1.54) is 11.8 Å². The van der Waals surface area contributed by atoms with E-state index >= 15 is 0 Å². The molecule has 32 heavy (non-hydrogen) atoms. The van der Waals surface area contributed by atoms with Crippen LogP contribution in [0.1, 0.15) is 16.6 Å². The topological polar surface area (TPSA) is 73.4 Å². The zero-order valence-electron chi connectivity index (χ0n) is 18.1. The van der Waals surface area contributed by atoms with Gasteiger partial charge in [0.15, 0.2) is 11.0 Å². The molecule has 0 radical (unpaired) electrons. The Morgan fingerprint density at radius 2 is 1.91 bits per heavy atom. The van der Waals surface area contributed by atoms with Gasteiger partial charge in [0.25, 0.3) is 0 Å². The van der Waals surface area contributed by atoms with Gasteiger partial charge in [-0.25, -0.2) is 0 Å². The van der Waals surface area contributed by atoms with Crippen molar-refractivity contribution >= 4 is 17.7 Å². The number of ether oxygens (including phenoxy) is 1. The molecule has 0 aliphatic rings. The molecule has 0 saturated carbocycles. The Balaban J connectivity index is 1.77. The van der Waals surface area contributed by atoms with Crippen LogP contribution in [0.3, 0.4) is 0 Å². The van der Waals surface area contributed by atoms with E-state index in [1.807, 2.05) is 71.3 Å². The van der Waals surface area contributed by atoms with Gasteiger partial charge in [-0.3, -0.25) is 9.36 Å². The van der Waals surface area contributed by atoms with Crippen LogP contribution in [-0.4, -0.2) is 46.8 Å². The van der Waals surface area contributed by atoms with Crippen LogP contribution in [0.25, 0.3) is 11.4 Å². The van der Waals surface area contributed by atoms with Gasteiger partial charge in [0.2, 0.25) is 5.91 Å². The first kappa shape index (κ1) is 21.7. The molecule has 2 aromatic heterocycles. The summed E-state index contributed by atoms with van der Waals surface area (Å²) in [6.45, 7) is 0.437. The van der Waals surface area contributed by atoms with Crippen molar-refractivity contribution in [2.75, 3.05) is 21.2 Å². The number of likely N-dealkylation sites (N-methyl/N-ethyl adjacent to an activating group) is 1. The van der Waals surface area contributed by atoms with Gasteiger partial charge in [-0.05, 0) is 29.8 Å². The zero-order chi connectivity index (χ0) is 22.5. The number of hydrogen-bond acceptors (Lipinski definition) is 6. The summed E-state index contributed by atoms with van der Waals surface area (Å²) in [4.78, 5) is 14.6. The van der Waals surface area contributed by atoms with Crippen molar-refractivity contribution in [3.8, 4) is 17.1 Å². The number of amides is 1. The molecule has 2 aromatic carbocycles. The van der Waals surface area contributed by atoms with Gasteiger partial charge in [-0.1, -0.05) is 54.2 Å². The lowest BCUT2D eigenvalue weighted by atomic mass is 10.1. The molecule has 0 aliphatic carbocycles. The molecule has 4 aromatic rings. The lowest BCUT2D eigenvalue weighted by Crippen LogP contribution is -2.27. The molecule has 0 fully saturated rings. The summed E-state index contributed by atoms with van der Waals surface area (Å²) in [6.07, 6.45) is 1.64. The largest absolute Gasteiger partial charge is 0.497 e. The van der Waals surface area contributed by atoms with Crippen LogP contribution in [0.5, 0.6) is 5.75 Å². The van der Waals surface area contributed by atoms with E-state index in [9.17, 15) is 4.79 Å². The van der Waals surface area contributed by atoms with E-state index in [2.05, 4.69) is 10.2 Å². The molecule has 0 saturated heterocycles. The lowest BCUT2D eigenvalue weighted by molar-refractivity contribution is -0.128. The van der Waals surface area contributed by atoms with E-state index in [0.717, 1.165) is 22.6 Å². The number of benzene rings is 2. The van der Waals surface area contributed by atoms with E-state index in [0.29, 0.717) is 17.5 Å². The molecule has 0 spiro atoms. The Morgan fingerprint density at radius 3 is 2.59 bits per heavy atom. The Kier molecular flexibility index (Phi) is 6.61. The summed E-state index contributed by atoms with van der Waals surface area (Å²) in [5.41, 5.74) is 1.78. The molecule has 1 amide bonds. The fourth-order valence-corrected chi connectivity index (χ4v) is 4.46. The average Bonchev–Trinajstić information content (AvgIpc) is 3.48. The molecule has 8 heteroatoms. The van der Waals surface area contributed by atoms with Crippen LogP contribution in [0.2, 0.25) is 0 Å². The number of rotatable bonds is 8. The number of nitrogens with zero attached hydrogens (tertiary/aromatic N) is 4. The summed E-state index contributed by atoms with van der Waals surface area (Å²) in [7, 11) is 5.15. The molecule has 0 bridgehead atoms. The monoisotopic (exact) mass is 448 g/mol. The standard InChI is InChI=1S/C24H24N4O3S/c1-27(2)23(29)21(17-9-5-4-6-10-17)32-24-26-25-22(18-11-7-12-19(15-18)30-3)28(24)16-20-13-8-14-31-20/h4-15,21H,16H2,1-3H3/t21-/m1/s1. The summed E-state index contributed by atoms with van der Waals surface area (Å²) >= 11 is 1.38. The molecule has 2 heterocycles. The van der Waals surface area contributed by atoms with Crippen molar-refractivity contribution < 1.29 is 13.9 Å². The number of carbonyl (C=O) groups excluding carboxylic acids is 1. The highest BCUT2D eigenvalue weighted by atomic mass is 32.2. The Bertz CT molecular complexity index is 1170. The van der Waals surface area contributed by atoms with Gasteiger partial charge in [0.05, 0.1) is 19.9 Å². The third-order valence-corrected chi connectivity index (χ3v) is 6.15. The maximum atomic E-state index is 13.0. The van der Waals surface area contributed by atoms with Crippen LogP contribution in [0, 0.1) is 0 Å². The number of thioether (sulfide) groups is 1. The van der Waals surface area contributed by atoms with Gasteiger partial charge in [0, 0.05) is 19.7 Å². The molecular formula is C24H24N4O3S. The first-order valence-electron chi connectivity index (χ1n) is 10.1. The van der Waals surface area contributed by atoms with Crippen LogP contribution in [0.15, 0.2) is 82.6 Å². The van der Waals surface area contributed by atoms with Crippen LogP contribution >= 0.6 is 11.8 Å². The fraction of sp³-hybridized carbons (Fsp3) is 0.208. The highest BCUT2D eigenvalue weighted by Gasteiger charge is 2.27. The maximum Gasteiger partial charge on any atom is 0.240 e. The van der Waals surface area contributed by atoms with E-state index < -0.39 is 5.25 Å². The molecule has 1 atom stereocenters. The molecule has 0 N–H and O–H groups in total. The van der Waals surface area contributed by atoms with Gasteiger partial charge in [-0.2, -0.15) is 0 Å². The summed E-state index contributed by atoms with van der Waals surface area (Å²) in [5.74, 6) is 2.16. The summed E-state index contributed by atoms with van der Waals surface area (Å²) < 4.78 is 12.9. The van der Waals surface area contributed by atoms with Gasteiger partial charge < -0.3 is 14.1 Å². The maximum absolute atomic E-state index is 13.0. The number of hydrogen-bond donors (Lipinski definition) is 0. The van der Waals surface area contributed by atoms with Gasteiger partial charge >= 0.3 is 0 Å². The molecule has 0 unspecified atom stereocenters. The van der Waals surface area contributed by atoms with Crippen LogP contribution < -0.4 is 4.74 Å². The highest BCUT2D eigenvalue weighted by molar-refractivity contribution is 8.00. The van der Waals surface area contributed by atoms with Crippen molar-refractivity contribution in [2.24, 2.45) is 0 Å². The van der Waals surface area contributed by atoms with E-state index in [4.69, 9.17) is 9.15 Å². The minimum absolute atomic E-state index is 0.0170. The second kappa shape index (κ2) is 9.74. The second-order valence-corrected chi connectivity index (χ2v) is 8.42. The van der Waals surface area contributed by atoms with Gasteiger partial charge in [0.1, 0.15) is 16.8 Å². The molecule has 164 valence electrons. The minimum atomic E-state index is -0.455. The molecule has 7 nitrogen and oxygen atoms in total. The quantitative estimate of drug-likeness (QED) is 0.369. The van der Waals surface area contributed by atoms with Gasteiger partial charge in [-0.15, -0.1) is 10.2 Å². The molecular weight excluding hydrogens is 424 g/mol. The Hall–Kier alpha value is -3.52. The Labute approximate surface area is 191 Å². The molecule has 4 rings (SSSR count). The van der Waals surface area contributed by atoms with Crippen molar-refractivity contribution in [1.82, 2.24) is 19.7 Å². The normalized spacial score (nSPS) is 11.8. The van der Waals surface area contributed by atoms with Crippen LogP contribution in [0.4, 0.5) is 0 Å². The first-order chi connectivity index (χ1) is 15.6. The molecule has 0 aliphatic heterocycles. The highest BCUT2D eigenvalue weighted by Crippen LogP contribution is 2.37. The lowest BCUT2D eigenvalue weighted by Gasteiger charge is -2.20. The number of methoxy groups -OCH3 is 1. The average molecular weight is 449 g/mol. The van der Waals surface area contributed by atoms with E-state index in [-0.39, 0.29) is 5.91 Å². The predicted molar refractivity (Wildman–Crippen MR) is 124 cm³/mol.